The van der Waals surface area contributed by atoms with Crippen molar-refractivity contribution in [2.75, 3.05) is 13.6 Å². The third kappa shape index (κ3) is 4.58. The lowest BCUT2D eigenvalue weighted by Crippen LogP contribution is -2.20. The molecule has 0 aliphatic carbocycles. The fourth-order valence-corrected chi connectivity index (χ4v) is 1.62. The summed E-state index contributed by atoms with van der Waals surface area (Å²) in [5.41, 5.74) is 2.68. The predicted octanol–water partition coefficient (Wildman–Crippen LogP) is 2.66. The lowest BCUT2D eigenvalue weighted by molar-refractivity contribution is -0.117. The number of Topliss-reactive ketones (excluding diaryl/α,β-unsaturated/α-hetero) is 1. The van der Waals surface area contributed by atoms with E-state index in [4.69, 9.17) is 0 Å². The maximum absolute atomic E-state index is 10.9. The molecule has 0 N–H and O–H groups in total. The summed E-state index contributed by atoms with van der Waals surface area (Å²) >= 11 is 0. The molecule has 0 fully saturated rings. The molecule has 1 rings (SSSR count). The zero-order valence-electron chi connectivity index (χ0n) is 10.5. The number of nitrogens with zero attached hydrogens (tertiary/aromatic N) is 1. The minimum absolute atomic E-state index is 0.258. The van der Waals surface area contributed by atoms with Crippen LogP contribution in [-0.2, 0) is 17.8 Å². The van der Waals surface area contributed by atoms with Gasteiger partial charge in [-0.2, -0.15) is 0 Å². The van der Waals surface area contributed by atoms with Gasteiger partial charge in [0.15, 0.2) is 0 Å². The molecule has 1 aromatic rings. The second-order valence-electron chi connectivity index (χ2n) is 4.36. The van der Waals surface area contributed by atoms with Crippen LogP contribution in [0.5, 0.6) is 0 Å². The molecule has 16 heavy (non-hydrogen) atoms. The van der Waals surface area contributed by atoms with E-state index in [1.807, 2.05) is 0 Å². The van der Waals surface area contributed by atoms with Crippen molar-refractivity contribution in [3.05, 3.63) is 35.4 Å². The Kier molecular flexibility index (Phi) is 5.20. The van der Waals surface area contributed by atoms with Gasteiger partial charge in [0, 0.05) is 19.5 Å². The summed E-state index contributed by atoms with van der Waals surface area (Å²) in [6.07, 6.45) is 1.73. The van der Waals surface area contributed by atoms with Crippen LogP contribution in [0.25, 0.3) is 0 Å². The van der Waals surface area contributed by atoms with Crippen molar-refractivity contribution in [3.8, 4) is 0 Å². The molecule has 1 aromatic carbocycles. The molecule has 0 heterocycles. The fraction of sp³-hybridized carbons (Fsp3) is 0.500. The second-order valence-corrected chi connectivity index (χ2v) is 4.36. The summed E-state index contributed by atoms with van der Waals surface area (Å²) in [6, 6.07) is 8.69. The van der Waals surface area contributed by atoms with Gasteiger partial charge in [-0.15, -0.1) is 0 Å². The van der Waals surface area contributed by atoms with Crippen molar-refractivity contribution in [2.24, 2.45) is 0 Å². The zero-order chi connectivity index (χ0) is 12.0. The van der Waals surface area contributed by atoms with Gasteiger partial charge in [0.1, 0.15) is 5.78 Å². The number of benzene rings is 1. The third-order valence-corrected chi connectivity index (χ3v) is 2.73. The first-order valence-corrected chi connectivity index (χ1v) is 5.87. The van der Waals surface area contributed by atoms with Crippen molar-refractivity contribution in [1.82, 2.24) is 4.90 Å². The van der Waals surface area contributed by atoms with Gasteiger partial charge >= 0.3 is 0 Å². The molecule has 0 atom stereocenters. The van der Waals surface area contributed by atoms with Crippen LogP contribution in [0.4, 0.5) is 0 Å². The molecule has 0 unspecified atom stereocenters. The van der Waals surface area contributed by atoms with Gasteiger partial charge in [-0.05, 0) is 31.5 Å². The van der Waals surface area contributed by atoms with Crippen LogP contribution in [0.15, 0.2) is 24.3 Å². The summed E-state index contributed by atoms with van der Waals surface area (Å²) in [5, 5.41) is 0. The quantitative estimate of drug-likeness (QED) is 0.733. The highest BCUT2D eigenvalue weighted by Crippen LogP contribution is 2.07. The predicted molar refractivity (Wildman–Crippen MR) is 67.5 cm³/mol. The van der Waals surface area contributed by atoms with Crippen molar-refractivity contribution in [1.29, 1.82) is 0 Å². The number of hydrogen-bond acceptors (Lipinski definition) is 2. The lowest BCUT2D eigenvalue weighted by atomic mass is 10.1. The first-order chi connectivity index (χ1) is 7.61. The van der Waals surface area contributed by atoms with Crippen LogP contribution in [-0.4, -0.2) is 24.3 Å². The largest absolute Gasteiger partial charge is 0.302 e. The van der Waals surface area contributed by atoms with E-state index in [-0.39, 0.29) is 5.78 Å². The van der Waals surface area contributed by atoms with Crippen LogP contribution in [0.2, 0.25) is 0 Å². The summed E-state index contributed by atoms with van der Waals surface area (Å²) in [6.45, 7) is 5.56. The van der Waals surface area contributed by atoms with Gasteiger partial charge in [0.2, 0.25) is 0 Å². The smallest absolute Gasteiger partial charge is 0.131 e. The maximum atomic E-state index is 10.9. The Labute approximate surface area is 98.3 Å². The van der Waals surface area contributed by atoms with E-state index in [0.29, 0.717) is 6.42 Å². The molecule has 0 saturated heterocycles. The molecule has 0 bridgehead atoms. The maximum Gasteiger partial charge on any atom is 0.131 e. The van der Waals surface area contributed by atoms with E-state index in [1.165, 1.54) is 11.1 Å². The van der Waals surface area contributed by atoms with E-state index in [0.717, 1.165) is 19.5 Å². The van der Waals surface area contributed by atoms with Crippen LogP contribution in [0.3, 0.4) is 0 Å². The van der Waals surface area contributed by atoms with Crippen molar-refractivity contribution >= 4 is 5.78 Å². The highest BCUT2D eigenvalue weighted by molar-refractivity contribution is 5.75. The van der Waals surface area contributed by atoms with E-state index >= 15 is 0 Å². The van der Waals surface area contributed by atoms with E-state index in [2.05, 4.69) is 43.1 Å². The number of rotatable bonds is 6. The summed E-state index contributed by atoms with van der Waals surface area (Å²) in [5.74, 6) is 0.258. The topological polar surface area (TPSA) is 20.3 Å². The highest BCUT2D eigenvalue weighted by atomic mass is 16.1. The number of carbonyl (C=O) groups is 1. The van der Waals surface area contributed by atoms with Crippen LogP contribution >= 0.6 is 0 Å². The summed E-state index contributed by atoms with van der Waals surface area (Å²) < 4.78 is 0. The molecule has 2 nitrogen and oxygen atoms in total. The van der Waals surface area contributed by atoms with Gasteiger partial charge in [-0.25, -0.2) is 0 Å². The third-order valence-electron chi connectivity index (χ3n) is 2.73. The van der Waals surface area contributed by atoms with Crippen molar-refractivity contribution < 1.29 is 4.79 Å². The molecule has 0 radical (unpaired) electrons. The normalized spacial score (nSPS) is 10.8. The SMILES string of the molecule is CCc1ccc(CN(C)CCC(C)=O)cc1. The van der Waals surface area contributed by atoms with E-state index in [1.54, 1.807) is 6.92 Å². The molecule has 0 aliphatic heterocycles. The molecule has 2 heteroatoms. The Bertz CT molecular complexity index is 329. The van der Waals surface area contributed by atoms with Crippen LogP contribution < -0.4 is 0 Å². The van der Waals surface area contributed by atoms with Gasteiger partial charge in [0.05, 0.1) is 0 Å². The zero-order valence-corrected chi connectivity index (χ0v) is 10.5. The summed E-state index contributed by atoms with van der Waals surface area (Å²) in [4.78, 5) is 13.0. The Morgan fingerprint density at radius 3 is 2.25 bits per heavy atom. The highest BCUT2D eigenvalue weighted by Gasteiger charge is 2.01. The standard InChI is InChI=1S/C14H21NO/c1-4-13-5-7-14(8-6-13)11-15(3)10-9-12(2)16/h5-8H,4,9-11H2,1-3H3. The van der Waals surface area contributed by atoms with Crippen molar-refractivity contribution in [2.45, 2.75) is 33.2 Å². The molecule has 0 spiro atoms. The van der Waals surface area contributed by atoms with E-state index in [9.17, 15) is 4.79 Å². The average molecular weight is 219 g/mol. The fourth-order valence-electron chi connectivity index (χ4n) is 1.62. The minimum Gasteiger partial charge on any atom is -0.302 e. The molecular weight excluding hydrogens is 198 g/mol. The molecule has 0 saturated carbocycles. The van der Waals surface area contributed by atoms with Crippen LogP contribution in [0, 0.1) is 0 Å². The van der Waals surface area contributed by atoms with Gasteiger partial charge in [-0.1, -0.05) is 31.2 Å². The van der Waals surface area contributed by atoms with Gasteiger partial charge in [0.25, 0.3) is 0 Å². The molecule has 0 aromatic heterocycles. The van der Waals surface area contributed by atoms with Crippen molar-refractivity contribution in [3.63, 3.8) is 0 Å². The molecule has 88 valence electrons. The number of ketones is 1. The Morgan fingerprint density at radius 2 is 1.75 bits per heavy atom. The second kappa shape index (κ2) is 6.44. The van der Waals surface area contributed by atoms with Gasteiger partial charge in [-0.3, -0.25) is 4.79 Å². The number of carbonyl (C=O) groups excluding carboxylic acids is 1. The molecular formula is C14H21NO. The van der Waals surface area contributed by atoms with E-state index < -0.39 is 0 Å². The van der Waals surface area contributed by atoms with Gasteiger partial charge < -0.3 is 4.90 Å². The Hall–Kier alpha value is -1.15. The molecule has 0 aliphatic rings. The van der Waals surface area contributed by atoms with Crippen LogP contribution in [0.1, 0.15) is 31.4 Å². The average Bonchev–Trinajstić information content (AvgIpc) is 2.27. The lowest BCUT2D eigenvalue weighted by Gasteiger charge is -2.15. The Balaban J connectivity index is 2.43. The monoisotopic (exact) mass is 219 g/mol. The summed E-state index contributed by atoms with van der Waals surface area (Å²) in [7, 11) is 2.05. The molecule has 0 amide bonds. The first kappa shape index (κ1) is 12.9. The first-order valence-electron chi connectivity index (χ1n) is 5.87. The minimum atomic E-state index is 0.258. The number of aryl methyl sites for hydroxylation is 1. The Morgan fingerprint density at radius 1 is 1.19 bits per heavy atom. The number of hydrogen-bond donors (Lipinski definition) is 0.